The van der Waals surface area contributed by atoms with Crippen molar-refractivity contribution in [2.45, 2.75) is 52.6 Å². The van der Waals surface area contributed by atoms with Crippen LogP contribution < -0.4 is 16.4 Å². The molecule has 0 aliphatic carbocycles. The smallest absolute Gasteiger partial charge is 0.322 e. The van der Waals surface area contributed by atoms with Gasteiger partial charge in [-0.15, -0.1) is 0 Å². The van der Waals surface area contributed by atoms with Crippen molar-refractivity contribution in [3.05, 3.63) is 0 Å². The number of carbonyl (C=O) groups excluding carboxylic acids is 2. The van der Waals surface area contributed by atoms with Crippen LogP contribution in [0, 0.1) is 11.8 Å². The lowest BCUT2D eigenvalue weighted by Crippen LogP contribution is -2.55. The maximum Gasteiger partial charge on any atom is 0.322 e. The number of rotatable bonds is 9. The molecule has 0 aliphatic rings. The Balaban J connectivity index is 4.80. The first-order chi connectivity index (χ1) is 9.74. The zero-order chi connectivity index (χ0) is 16.6. The molecule has 21 heavy (non-hydrogen) atoms. The van der Waals surface area contributed by atoms with Crippen LogP contribution in [0.4, 0.5) is 0 Å². The fourth-order valence-electron chi connectivity index (χ4n) is 1.74. The van der Waals surface area contributed by atoms with Gasteiger partial charge < -0.3 is 21.5 Å². The summed E-state index contributed by atoms with van der Waals surface area (Å²) < 4.78 is 0. The SMILES string of the molecule is CCC(C)C(N)C(=O)NC(C(=O)NCC(=O)O)C(C)CC. The molecule has 122 valence electrons. The van der Waals surface area contributed by atoms with E-state index in [2.05, 4.69) is 10.6 Å². The number of nitrogens with two attached hydrogens (primary N) is 1. The molecule has 0 aliphatic heterocycles. The standard InChI is InChI=1S/C14H27N3O4/c1-5-8(3)11(15)13(20)17-12(9(4)6-2)14(21)16-7-10(18)19/h8-9,11-12H,5-7,15H2,1-4H3,(H,16,21)(H,17,20)(H,18,19). The molecular weight excluding hydrogens is 274 g/mol. The van der Waals surface area contributed by atoms with Gasteiger partial charge in [0.1, 0.15) is 12.6 Å². The summed E-state index contributed by atoms with van der Waals surface area (Å²) >= 11 is 0. The van der Waals surface area contributed by atoms with E-state index in [1.54, 1.807) is 0 Å². The van der Waals surface area contributed by atoms with Crippen LogP contribution in [-0.2, 0) is 14.4 Å². The predicted octanol–water partition coefficient (Wildman–Crippen LogP) is 0.0915. The minimum atomic E-state index is -1.13. The van der Waals surface area contributed by atoms with Crippen molar-refractivity contribution in [2.75, 3.05) is 6.54 Å². The summed E-state index contributed by atoms with van der Waals surface area (Å²) in [4.78, 5) is 34.6. The molecule has 4 unspecified atom stereocenters. The van der Waals surface area contributed by atoms with Gasteiger partial charge in [-0.05, 0) is 11.8 Å². The van der Waals surface area contributed by atoms with Crippen LogP contribution in [-0.4, -0.2) is 41.5 Å². The van der Waals surface area contributed by atoms with Crippen molar-refractivity contribution < 1.29 is 19.5 Å². The Kier molecular flexibility index (Phi) is 8.61. The van der Waals surface area contributed by atoms with Gasteiger partial charge in [0.15, 0.2) is 0 Å². The van der Waals surface area contributed by atoms with Crippen LogP contribution in [0.1, 0.15) is 40.5 Å². The normalized spacial score (nSPS) is 16.4. The van der Waals surface area contributed by atoms with Crippen LogP contribution in [0.25, 0.3) is 0 Å². The van der Waals surface area contributed by atoms with E-state index >= 15 is 0 Å². The number of nitrogens with one attached hydrogen (secondary N) is 2. The Bertz CT molecular complexity index is 373. The third-order valence-corrected chi connectivity index (χ3v) is 3.77. The fourth-order valence-corrected chi connectivity index (χ4v) is 1.74. The van der Waals surface area contributed by atoms with Gasteiger partial charge in [0, 0.05) is 0 Å². The highest BCUT2D eigenvalue weighted by atomic mass is 16.4. The number of amides is 2. The summed E-state index contributed by atoms with van der Waals surface area (Å²) in [5.74, 6) is -2.14. The summed E-state index contributed by atoms with van der Waals surface area (Å²) in [6.07, 6.45) is 1.43. The van der Waals surface area contributed by atoms with Gasteiger partial charge in [-0.3, -0.25) is 14.4 Å². The van der Waals surface area contributed by atoms with Crippen molar-refractivity contribution in [1.29, 1.82) is 0 Å². The highest BCUT2D eigenvalue weighted by Gasteiger charge is 2.29. The third-order valence-electron chi connectivity index (χ3n) is 3.77. The first kappa shape index (κ1) is 19.4. The Morgan fingerprint density at radius 2 is 1.57 bits per heavy atom. The molecule has 0 aromatic heterocycles. The molecule has 0 spiro atoms. The molecule has 0 fully saturated rings. The topological polar surface area (TPSA) is 122 Å². The lowest BCUT2D eigenvalue weighted by molar-refractivity contribution is -0.138. The number of aliphatic carboxylic acids is 1. The molecule has 0 aromatic rings. The van der Waals surface area contributed by atoms with Crippen molar-refractivity contribution in [3.8, 4) is 0 Å². The lowest BCUT2D eigenvalue weighted by Gasteiger charge is -2.26. The number of carbonyl (C=O) groups is 3. The molecule has 0 radical (unpaired) electrons. The van der Waals surface area contributed by atoms with Crippen molar-refractivity contribution in [1.82, 2.24) is 10.6 Å². The van der Waals surface area contributed by atoms with E-state index in [1.165, 1.54) is 0 Å². The molecule has 4 atom stereocenters. The summed E-state index contributed by atoms with van der Waals surface area (Å²) in [6, 6.07) is -1.47. The summed E-state index contributed by atoms with van der Waals surface area (Å²) in [6.45, 7) is 7.04. The lowest BCUT2D eigenvalue weighted by atomic mass is 9.95. The molecule has 0 aromatic carbocycles. The van der Waals surface area contributed by atoms with Crippen LogP contribution in [0.5, 0.6) is 0 Å². The fraction of sp³-hybridized carbons (Fsp3) is 0.786. The average molecular weight is 301 g/mol. The van der Waals surface area contributed by atoms with Gasteiger partial charge in [0.2, 0.25) is 11.8 Å². The van der Waals surface area contributed by atoms with E-state index in [4.69, 9.17) is 10.8 Å². The number of carboxylic acids is 1. The second-order valence-electron chi connectivity index (χ2n) is 5.39. The minimum absolute atomic E-state index is 0.00432. The van der Waals surface area contributed by atoms with Gasteiger partial charge in [-0.1, -0.05) is 40.5 Å². The molecule has 0 rings (SSSR count). The highest BCUT2D eigenvalue weighted by molar-refractivity contribution is 5.91. The van der Waals surface area contributed by atoms with Crippen molar-refractivity contribution in [2.24, 2.45) is 17.6 Å². The average Bonchev–Trinajstić information content (AvgIpc) is 2.47. The Morgan fingerprint density at radius 1 is 1.05 bits per heavy atom. The minimum Gasteiger partial charge on any atom is -0.480 e. The monoisotopic (exact) mass is 301 g/mol. The van der Waals surface area contributed by atoms with E-state index in [0.29, 0.717) is 6.42 Å². The molecule has 7 nitrogen and oxygen atoms in total. The van der Waals surface area contributed by atoms with Gasteiger partial charge in [-0.25, -0.2) is 0 Å². The third kappa shape index (κ3) is 6.57. The Hall–Kier alpha value is -1.63. The maximum absolute atomic E-state index is 12.1. The van der Waals surface area contributed by atoms with Crippen molar-refractivity contribution >= 4 is 17.8 Å². The first-order valence-electron chi connectivity index (χ1n) is 7.29. The van der Waals surface area contributed by atoms with E-state index in [9.17, 15) is 14.4 Å². The summed E-state index contributed by atoms with van der Waals surface area (Å²) in [5, 5.41) is 13.5. The number of hydrogen-bond acceptors (Lipinski definition) is 4. The number of carboxylic acid groups (broad SMARTS) is 1. The second kappa shape index (κ2) is 9.33. The van der Waals surface area contributed by atoms with Gasteiger partial charge >= 0.3 is 5.97 Å². The zero-order valence-corrected chi connectivity index (χ0v) is 13.2. The van der Waals surface area contributed by atoms with E-state index < -0.39 is 30.5 Å². The molecule has 5 N–H and O–H groups in total. The largest absolute Gasteiger partial charge is 0.480 e. The van der Waals surface area contributed by atoms with Crippen LogP contribution in [0.2, 0.25) is 0 Å². The molecule has 2 amide bonds. The zero-order valence-electron chi connectivity index (χ0n) is 13.2. The van der Waals surface area contributed by atoms with Crippen molar-refractivity contribution in [3.63, 3.8) is 0 Å². The Morgan fingerprint density at radius 3 is 2.00 bits per heavy atom. The summed E-state index contributed by atoms with van der Waals surface area (Å²) in [5.41, 5.74) is 5.85. The van der Waals surface area contributed by atoms with Crippen LogP contribution >= 0.6 is 0 Å². The quantitative estimate of drug-likeness (QED) is 0.481. The molecule has 0 saturated heterocycles. The molecule has 7 heteroatoms. The van der Waals surface area contributed by atoms with Gasteiger partial charge in [-0.2, -0.15) is 0 Å². The van der Waals surface area contributed by atoms with E-state index in [-0.39, 0.29) is 17.7 Å². The Labute approximate surface area is 125 Å². The molecular formula is C14H27N3O4. The summed E-state index contributed by atoms with van der Waals surface area (Å²) in [7, 11) is 0. The highest BCUT2D eigenvalue weighted by Crippen LogP contribution is 2.10. The predicted molar refractivity (Wildman–Crippen MR) is 79.5 cm³/mol. The van der Waals surface area contributed by atoms with Gasteiger partial charge in [0.25, 0.3) is 0 Å². The first-order valence-corrected chi connectivity index (χ1v) is 7.29. The molecule has 0 heterocycles. The van der Waals surface area contributed by atoms with Gasteiger partial charge in [0.05, 0.1) is 6.04 Å². The van der Waals surface area contributed by atoms with Crippen LogP contribution in [0.15, 0.2) is 0 Å². The number of hydrogen-bond donors (Lipinski definition) is 4. The second-order valence-corrected chi connectivity index (χ2v) is 5.39. The van der Waals surface area contributed by atoms with E-state index in [0.717, 1.165) is 6.42 Å². The maximum atomic E-state index is 12.1. The molecule has 0 saturated carbocycles. The van der Waals surface area contributed by atoms with Crippen LogP contribution in [0.3, 0.4) is 0 Å². The molecule has 0 bridgehead atoms. The van der Waals surface area contributed by atoms with E-state index in [1.807, 2.05) is 27.7 Å².